The highest BCUT2D eigenvalue weighted by Crippen LogP contribution is 2.36. The Balaban J connectivity index is 1.49. The molecular weight excluding hydrogens is 356 g/mol. The molecule has 9 nitrogen and oxygen atoms in total. The molecule has 0 spiro atoms. The molecule has 3 heterocycles. The van der Waals surface area contributed by atoms with Gasteiger partial charge in [-0.3, -0.25) is 0 Å². The summed E-state index contributed by atoms with van der Waals surface area (Å²) >= 11 is 0. The van der Waals surface area contributed by atoms with Crippen LogP contribution in [0.5, 0.6) is 5.88 Å². The fraction of sp³-hybridized carbons (Fsp3) is 0.562. The topological polar surface area (TPSA) is 104 Å². The van der Waals surface area contributed by atoms with Gasteiger partial charge in [0.1, 0.15) is 12.1 Å². The van der Waals surface area contributed by atoms with Crippen LogP contribution in [0, 0.1) is 0 Å². The number of hydrogen-bond donors (Lipinski definition) is 1. The molecule has 0 unspecified atom stereocenters. The van der Waals surface area contributed by atoms with E-state index in [1.165, 1.54) is 23.2 Å². The van der Waals surface area contributed by atoms with Gasteiger partial charge in [-0.15, -0.1) is 0 Å². The molecule has 1 N–H and O–H groups in total. The minimum absolute atomic E-state index is 0.149. The van der Waals surface area contributed by atoms with E-state index in [9.17, 15) is 8.42 Å². The van der Waals surface area contributed by atoms with E-state index in [2.05, 4.69) is 24.8 Å². The summed E-state index contributed by atoms with van der Waals surface area (Å²) in [7, 11) is -1.91. The minimum atomic E-state index is -3.50. The SMILES string of the molecule is COc1cc(N(C2CC2)C2CCN(S(=O)(=O)c3cnc[nH]3)CC2)ncn1. The smallest absolute Gasteiger partial charge is 0.260 e. The molecule has 0 amide bonds. The fourth-order valence-corrected chi connectivity index (χ4v) is 4.86. The van der Waals surface area contributed by atoms with Crippen molar-refractivity contribution in [3.8, 4) is 5.88 Å². The third-order valence-corrected chi connectivity index (χ3v) is 6.77. The molecule has 1 saturated carbocycles. The van der Waals surface area contributed by atoms with Gasteiger partial charge in [0.2, 0.25) is 5.88 Å². The van der Waals surface area contributed by atoms with E-state index >= 15 is 0 Å². The van der Waals surface area contributed by atoms with Gasteiger partial charge < -0.3 is 14.6 Å². The van der Waals surface area contributed by atoms with Crippen molar-refractivity contribution >= 4 is 15.8 Å². The van der Waals surface area contributed by atoms with Gasteiger partial charge in [0.05, 0.1) is 19.6 Å². The number of methoxy groups -OCH3 is 1. The number of ether oxygens (including phenoxy) is 1. The number of nitrogens with one attached hydrogen (secondary N) is 1. The lowest BCUT2D eigenvalue weighted by atomic mass is 10.0. The molecule has 0 aromatic carbocycles. The summed E-state index contributed by atoms with van der Waals surface area (Å²) in [4.78, 5) is 17.3. The number of nitrogens with zero attached hydrogens (tertiary/aromatic N) is 5. The van der Waals surface area contributed by atoms with Gasteiger partial charge in [-0.1, -0.05) is 0 Å². The zero-order valence-electron chi connectivity index (χ0n) is 14.6. The Hall–Kier alpha value is -2.20. The Kier molecular flexibility index (Phi) is 4.53. The van der Waals surface area contributed by atoms with Crippen molar-refractivity contribution in [1.82, 2.24) is 24.2 Å². The highest BCUT2D eigenvalue weighted by atomic mass is 32.2. The molecule has 1 aliphatic heterocycles. The lowest BCUT2D eigenvalue weighted by Gasteiger charge is -2.38. The molecule has 0 radical (unpaired) electrons. The molecule has 140 valence electrons. The molecular formula is C16H22N6O3S. The number of sulfonamides is 1. The van der Waals surface area contributed by atoms with Crippen LogP contribution in [0.2, 0.25) is 0 Å². The first kappa shape index (κ1) is 17.2. The van der Waals surface area contributed by atoms with Crippen molar-refractivity contribution in [2.75, 3.05) is 25.1 Å². The van der Waals surface area contributed by atoms with Crippen molar-refractivity contribution < 1.29 is 13.2 Å². The predicted octanol–water partition coefficient (Wildman–Crippen LogP) is 1.03. The van der Waals surface area contributed by atoms with Crippen molar-refractivity contribution in [3.05, 3.63) is 24.9 Å². The quantitative estimate of drug-likeness (QED) is 0.800. The van der Waals surface area contributed by atoms with Crippen LogP contribution in [0.1, 0.15) is 25.7 Å². The summed E-state index contributed by atoms with van der Waals surface area (Å²) in [5, 5.41) is 0.149. The molecule has 0 atom stereocenters. The van der Waals surface area contributed by atoms with E-state index in [0.29, 0.717) is 25.0 Å². The molecule has 1 aliphatic carbocycles. The zero-order chi connectivity index (χ0) is 18.1. The van der Waals surface area contributed by atoms with Crippen molar-refractivity contribution in [3.63, 3.8) is 0 Å². The average molecular weight is 378 g/mol. The van der Waals surface area contributed by atoms with Gasteiger partial charge in [-0.05, 0) is 25.7 Å². The van der Waals surface area contributed by atoms with E-state index in [1.807, 2.05) is 6.07 Å². The Morgan fingerprint density at radius 2 is 1.92 bits per heavy atom. The maximum absolute atomic E-state index is 12.6. The van der Waals surface area contributed by atoms with Crippen molar-refractivity contribution in [2.45, 2.75) is 42.8 Å². The third-order valence-electron chi connectivity index (χ3n) is 4.95. The summed E-state index contributed by atoms with van der Waals surface area (Å²) in [6.07, 6.45) is 8.05. The lowest BCUT2D eigenvalue weighted by Crippen LogP contribution is -2.48. The van der Waals surface area contributed by atoms with E-state index in [-0.39, 0.29) is 11.1 Å². The number of aromatic nitrogens is 4. The summed E-state index contributed by atoms with van der Waals surface area (Å²) in [6.45, 7) is 0.967. The van der Waals surface area contributed by atoms with Gasteiger partial charge in [0.25, 0.3) is 10.0 Å². The number of piperidine rings is 1. The second-order valence-electron chi connectivity index (χ2n) is 6.61. The minimum Gasteiger partial charge on any atom is -0.481 e. The van der Waals surface area contributed by atoms with Crippen LogP contribution in [0.3, 0.4) is 0 Å². The van der Waals surface area contributed by atoms with Gasteiger partial charge >= 0.3 is 0 Å². The predicted molar refractivity (Wildman–Crippen MR) is 94.5 cm³/mol. The number of imidazole rings is 1. The molecule has 0 bridgehead atoms. The number of H-pyrrole nitrogens is 1. The molecule has 26 heavy (non-hydrogen) atoms. The standard InChI is InChI=1S/C16H22N6O3S/c1-25-15-8-14(18-11-19-15)22(12-2-3-12)13-4-6-21(7-5-13)26(23,24)16-9-17-10-20-16/h8-13H,2-7H2,1H3,(H,17,20). The molecule has 2 aromatic heterocycles. The Bertz CT molecular complexity index is 845. The summed E-state index contributed by atoms with van der Waals surface area (Å²) in [6, 6.07) is 2.58. The van der Waals surface area contributed by atoms with Crippen LogP contribution >= 0.6 is 0 Å². The number of rotatable bonds is 6. The van der Waals surface area contributed by atoms with E-state index < -0.39 is 10.0 Å². The Labute approximate surface area is 152 Å². The number of hydrogen-bond acceptors (Lipinski definition) is 7. The highest BCUT2D eigenvalue weighted by molar-refractivity contribution is 7.89. The zero-order valence-corrected chi connectivity index (χ0v) is 15.4. The van der Waals surface area contributed by atoms with E-state index in [1.54, 1.807) is 7.11 Å². The van der Waals surface area contributed by atoms with E-state index in [0.717, 1.165) is 31.5 Å². The second-order valence-corrected chi connectivity index (χ2v) is 8.51. The van der Waals surface area contributed by atoms with Crippen LogP contribution in [-0.2, 0) is 10.0 Å². The average Bonchev–Trinajstić information content (AvgIpc) is 3.33. The summed E-state index contributed by atoms with van der Waals surface area (Å²) < 4.78 is 32.0. The number of anilines is 1. The molecule has 2 fully saturated rings. The molecule has 1 saturated heterocycles. The van der Waals surface area contributed by atoms with Crippen LogP contribution in [0.25, 0.3) is 0 Å². The number of aromatic amines is 1. The van der Waals surface area contributed by atoms with Crippen LogP contribution in [0.4, 0.5) is 5.82 Å². The van der Waals surface area contributed by atoms with Crippen LogP contribution < -0.4 is 9.64 Å². The normalized spacial score (nSPS) is 19.4. The van der Waals surface area contributed by atoms with E-state index in [4.69, 9.17) is 4.74 Å². The van der Waals surface area contributed by atoms with Gasteiger partial charge in [0, 0.05) is 31.2 Å². The molecule has 2 aromatic rings. The fourth-order valence-electron chi connectivity index (χ4n) is 3.49. The first-order valence-corrected chi connectivity index (χ1v) is 10.2. The molecule has 10 heteroatoms. The highest BCUT2D eigenvalue weighted by Gasteiger charge is 2.38. The van der Waals surface area contributed by atoms with Crippen molar-refractivity contribution in [2.24, 2.45) is 0 Å². The molecule has 4 rings (SSSR count). The summed E-state index contributed by atoms with van der Waals surface area (Å²) in [5.41, 5.74) is 0. The van der Waals surface area contributed by atoms with Gasteiger partial charge in [-0.2, -0.15) is 4.31 Å². The lowest BCUT2D eigenvalue weighted by molar-refractivity contribution is 0.307. The van der Waals surface area contributed by atoms with Crippen LogP contribution in [-0.4, -0.2) is 64.9 Å². The summed E-state index contributed by atoms with van der Waals surface area (Å²) in [5.74, 6) is 1.40. The van der Waals surface area contributed by atoms with Gasteiger partial charge in [0.15, 0.2) is 5.03 Å². The largest absolute Gasteiger partial charge is 0.481 e. The first-order chi connectivity index (χ1) is 12.6. The van der Waals surface area contributed by atoms with Crippen molar-refractivity contribution in [1.29, 1.82) is 0 Å². The molecule has 2 aliphatic rings. The Morgan fingerprint density at radius 1 is 1.19 bits per heavy atom. The second kappa shape index (κ2) is 6.84. The van der Waals surface area contributed by atoms with Crippen LogP contribution in [0.15, 0.2) is 29.9 Å². The monoisotopic (exact) mass is 378 g/mol. The maximum atomic E-state index is 12.6. The third kappa shape index (κ3) is 3.26. The van der Waals surface area contributed by atoms with Gasteiger partial charge in [-0.25, -0.2) is 23.4 Å². The maximum Gasteiger partial charge on any atom is 0.260 e. The Morgan fingerprint density at radius 3 is 2.54 bits per heavy atom. The first-order valence-electron chi connectivity index (χ1n) is 8.72.